The van der Waals surface area contributed by atoms with E-state index in [0.29, 0.717) is 5.92 Å². The highest BCUT2D eigenvalue weighted by atomic mass is 16.5. The minimum absolute atomic E-state index is 0.0814. The van der Waals surface area contributed by atoms with E-state index < -0.39 is 0 Å². The first-order valence-corrected chi connectivity index (χ1v) is 10.8. The molecule has 0 amide bonds. The van der Waals surface area contributed by atoms with Crippen molar-refractivity contribution in [3.8, 4) is 11.5 Å². The van der Waals surface area contributed by atoms with Crippen molar-refractivity contribution in [3.63, 3.8) is 0 Å². The van der Waals surface area contributed by atoms with Crippen LogP contribution in [-0.4, -0.2) is 12.7 Å². The molecule has 1 atom stereocenters. The Bertz CT molecular complexity index is 574. The fraction of sp³-hybridized carbons (Fsp3) is 0.750. The number of rotatable bonds is 10. The van der Waals surface area contributed by atoms with Crippen LogP contribution in [0.5, 0.6) is 11.5 Å². The fourth-order valence-corrected chi connectivity index (χ4v) is 4.60. The lowest BCUT2D eigenvalue weighted by molar-refractivity contribution is 0.0739. The monoisotopic (exact) mass is 360 g/mol. The molecule has 1 unspecified atom stereocenters. The standard InChI is InChI=1S/C24H40O2/c1-7-9-10-11-12-13-15-19-16-21-22(18(3)17-24(4,5)26-21)20(14-8-2)23(19)25-6/h16,18H,7-15,17H2,1-6H3. The normalized spacial score (nSPS) is 18.3. The highest BCUT2D eigenvalue weighted by Crippen LogP contribution is 2.47. The molecule has 0 bridgehead atoms. The van der Waals surface area contributed by atoms with Gasteiger partial charge in [-0.1, -0.05) is 59.3 Å². The summed E-state index contributed by atoms with van der Waals surface area (Å²) in [5.74, 6) is 2.76. The number of hydrogen-bond acceptors (Lipinski definition) is 2. The van der Waals surface area contributed by atoms with Gasteiger partial charge < -0.3 is 9.47 Å². The SMILES string of the molecule is CCCCCCCCc1cc2c(c(CCC)c1OC)C(C)CC(C)(C)O2. The van der Waals surface area contributed by atoms with Gasteiger partial charge in [0.15, 0.2) is 0 Å². The van der Waals surface area contributed by atoms with Gasteiger partial charge in [0.05, 0.1) is 7.11 Å². The first-order valence-electron chi connectivity index (χ1n) is 10.8. The lowest BCUT2D eigenvalue weighted by Gasteiger charge is -2.38. The second-order valence-electron chi connectivity index (χ2n) is 8.69. The second-order valence-corrected chi connectivity index (χ2v) is 8.69. The van der Waals surface area contributed by atoms with Crippen molar-refractivity contribution in [1.29, 1.82) is 0 Å². The maximum absolute atomic E-state index is 6.42. The zero-order valence-electron chi connectivity index (χ0n) is 18.0. The predicted octanol–water partition coefficient (Wildman–Crippen LogP) is 7.22. The van der Waals surface area contributed by atoms with Gasteiger partial charge in [0.25, 0.3) is 0 Å². The zero-order chi connectivity index (χ0) is 19.2. The van der Waals surface area contributed by atoms with Crippen LogP contribution in [0.2, 0.25) is 0 Å². The van der Waals surface area contributed by atoms with E-state index in [1.165, 1.54) is 55.2 Å². The average molecular weight is 361 g/mol. The molecule has 1 heterocycles. The van der Waals surface area contributed by atoms with E-state index in [2.05, 4.69) is 40.7 Å². The number of hydrogen-bond donors (Lipinski definition) is 0. The Kier molecular flexibility index (Phi) is 7.85. The van der Waals surface area contributed by atoms with Crippen LogP contribution in [0.25, 0.3) is 0 Å². The summed E-state index contributed by atoms with van der Waals surface area (Å²) in [5, 5.41) is 0. The number of ether oxygens (including phenoxy) is 2. The van der Waals surface area contributed by atoms with E-state index in [1.807, 2.05) is 7.11 Å². The third-order valence-electron chi connectivity index (χ3n) is 5.64. The van der Waals surface area contributed by atoms with E-state index in [9.17, 15) is 0 Å². The topological polar surface area (TPSA) is 18.5 Å². The molecule has 1 aromatic rings. The Hall–Kier alpha value is -1.18. The van der Waals surface area contributed by atoms with Gasteiger partial charge in [0.1, 0.15) is 17.1 Å². The Morgan fingerprint density at radius 3 is 2.38 bits per heavy atom. The summed E-state index contributed by atoms with van der Waals surface area (Å²) in [5.41, 5.74) is 4.06. The molecule has 1 aliphatic rings. The van der Waals surface area contributed by atoms with Crippen molar-refractivity contribution in [3.05, 3.63) is 22.8 Å². The molecule has 0 N–H and O–H groups in total. The summed E-state index contributed by atoms with van der Waals surface area (Å²) < 4.78 is 12.4. The van der Waals surface area contributed by atoms with Crippen molar-refractivity contribution in [2.24, 2.45) is 0 Å². The molecule has 2 nitrogen and oxygen atoms in total. The van der Waals surface area contributed by atoms with Gasteiger partial charge in [0, 0.05) is 11.1 Å². The molecule has 0 fully saturated rings. The van der Waals surface area contributed by atoms with Crippen LogP contribution >= 0.6 is 0 Å². The molecule has 148 valence electrons. The van der Waals surface area contributed by atoms with Crippen molar-refractivity contribution >= 4 is 0 Å². The van der Waals surface area contributed by atoms with Crippen LogP contribution in [-0.2, 0) is 12.8 Å². The van der Waals surface area contributed by atoms with Crippen LogP contribution in [0, 0.1) is 0 Å². The maximum Gasteiger partial charge on any atom is 0.125 e. The number of aryl methyl sites for hydroxylation is 1. The summed E-state index contributed by atoms with van der Waals surface area (Å²) in [6.07, 6.45) is 12.3. The van der Waals surface area contributed by atoms with Crippen molar-refractivity contribution in [2.45, 2.75) is 110 Å². The Morgan fingerprint density at radius 1 is 1.04 bits per heavy atom. The van der Waals surface area contributed by atoms with E-state index >= 15 is 0 Å². The molecule has 2 heteroatoms. The van der Waals surface area contributed by atoms with E-state index in [4.69, 9.17) is 9.47 Å². The van der Waals surface area contributed by atoms with Gasteiger partial charge >= 0.3 is 0 Å². The van der Waals surface area contributed by atoms with E-state index in [-0.39, 0.29) is 5.60 Å². The summed E-state index contributed by atoms with van der Waals surface area (Å²) >= 11 is 0. The molecular weight excluding hydrogens is 320 g/mol. The molecule has 0 aliphatic carbocycles. The molecule has 0 saturated heterocycles. The number of benzene rings is 1. The lowest BCUT2D eigenvalue weighted by atomic mass is 9.81. The van der Waals surface area contributed by atoms with Gasteiger partial charge in [-0.25, -0.2) is 0 Å². The number of fused-ring (bicyclic) bond motifs is 1. The molecule has 26 heavy (non-hydrogen) atoms. The number of unbranched alkanes of at least 4 members (excludes halogenated alkanes) is 5. The average Bonchev–Trinajstić information content (AvgIpc) is 2.56. The third kappa shape index (κ3) is 5.18. The highest BCUT2D eigenvalue weighted by Gasteiger charge is 2.34. The highest BCUT2D eigenvalue weighted by molar-refractivity contribution is 5.56. The van der Waals surface area contributed by atoms with Crippen LogP contribution in [0.4, 0.5) is 0 Å². The molecule has 0 spiro atoms. The first kappa shape index (κ1) is 21.1. The third-order valence-corrected chi connectivity index (χ3v) is 5.64. The van der Waals surface area contributed by atoms with Crippen molar-refractivity contribution in [2.75, 3.05) is 7.11 Å². The number of methoxy groups -OCH3 is 1. The first-order chi connectivity index (χ1) is 12.4. The molecule has 0 radical (unpaired) electrons. The minimum Gasteiger partial charge on any atom is -0.496 e. The van der Waals surface area contributed by atoms with Crippen molar-refractivity contribution < 1.29 is 9.47 Å². The Balaban J connectivity index is 2.26. The van der Waals surface area contributed by atoms with Gasteiger partial charge in [-0.05, 0) is 57.1 Å². The van der Waals surface area contributed by atoms with E-state index in [0.717, 1.165) is 37.2 Å². The summed E-state index contributed by atoms with van der Waals surface area (Å²) in [4.78, 5) is 0. The van der Waals surface area contributed by atoms with Crippen LogP contribution < -0.4 is 9.47 Å². The van der Waals surface area contributed by atoms with Gasteiger partial charge in [0.2, 0.25) is 0 Å². The smallest absolute Gasteiger partial charge is 0.125 e. The fourth-order valence-electron chi connectivity index (χ4n) is 4.60. The molecular formula is C24H40O2. The molecule has 2 rings (SSSR count). The molecule has 0 saturated carbocycles. The summed E-state index contributed by atoms with van der Waals surface area (Å²) in [6, 6.07) is 2.29. The second kappa shape index (κ2) is 9.67. The zero-order valence-corrected chi connectivity index (χ0v) is 18.0. The quantitative estimate of drug-likeness (QED) is 0.410. The van der Waals surface area contributed by atoms with Crippen molar-refractivity contribution in [1.82, 2.24) is 0 Å². The molecule has 1 aliphatic heterocycles. The largest absolute Gasteiger partial charge is 0.496 e. The van der Waals surface area contributed by atoms with Gasteiger partial charge in [-0.15, -0.1) is 0 Å². The van der Waals surface area contributed by atoms with Crippen LogP contribution in [0.3, 0.4) is 0 Å². The molecule has 1 aromatic carbocycles. The predicted molar refractivity (Wildman–Crippen MR) is 112 cm³/mol. The van der Waals surface area contributed by atoms with Crippen LogP contribution in [0.1, 0.15) is 109 Å². The lowest BCUT2D eigenvalue weighted by Crippen LogP contribution is -2.34. The maximum atomic E-state index is 6.42. The Morgan fingerprint density at radius 2 is 1.73 bits per heavy atom. The van der Waals surface area contributed by atoms with Gasteiger partial charge in [-0.2, -0.15) is 0 Å². The summed E-state index contributed by atoms with van der Waals surface area (Å²) in [6.45, 7) is 11.3. The summed E-state index contributed by atoms with van der Waals surface area (Å²) in [7, 11) is 1.84. The van der Waals surface area contributed by atoms with Gasteiger partial charge in [-0.3, -0.25) is 0 Å². The Labute approximate surface area is 161 Å². The molecule has 0 aromatic heterocycles. The van der Waals surface area contributed by atoms with E-state index in [1.54, 1.807) is 0 Å². The minimum atomic E-state index is -0.0814. The van der Waals surface area contributed by atoms with Crippen LogP contribution in [0.15, 0.2) is 6.07 Å².